The van der Waals surface area contributed by atoms with Crippen molar-refractivity contribution in [3.05, 3.63) is 34.9 Å². The summed E-state index contributed by atoms with van der Waals surface area (Å²) in [7, 11) is 1.27. The molecule has 0 aliphatic carbocycles. The van der Waals surface area contributed by atoms with Crippen molar-refractivity contribution in [3.63, 3.8) is 0 Å². The van der Waals surface area contributed by atoms with E-state index in [9.17, 15) is 4.79 Å². The van der Waals surface area contributed by atoms with Crippen LogP contribution in [-0.2, 0) is 4.74 Å². The summed E-state index contributed by atoms with van der Waals surface area (Å²) in [5.74, 6) is 0.692. The molecule has 0 saturated heterocycles. The highest BCUT2D eigenvalue weighted by atomic mass is 35.5. The van der Waals surface area contributed by atoms with Gasteiger partial charge in [-0.1, -0.05) is 11.6 Å². The predicted octanol–water partition coefficient (Wildman–Crippen LogP) is 1.60. The highest BCUT2D eigenvalue weighted by Crippen LogP contribution is 2.20. The van der Waals surface area contributed by atoms with Crippen molar-refractivity contribution in [1.82, 2.24) is 14.5 Å². The first-order chi connectivity index (χ1) is 8.54. The second kappa shape index (κ2) is 4.66. The van der Waals surface area contributed by atoms with Crippen molar-refractivity contribution in [1.29, 1.82) is 0 Å². The lowest BCUT2D eigenvalue weighted by Gasteiger charge is -2.06. The molecule has 2 heterocycles. The molecule has 0 aromatic carbocycles. The summed E-state index contributed by atoms with van der Waals surface area (Å²) in [6.07, 6.45) is 1.49. The molecule has 0 bridgehead atoms. The second-order valence-electron chi connectivity index (χ2n) is 3.55. The van der Waals surface area contributed by atoms with Crippen LogP contribution in [0.3, 0.4) is 0 Å². The minimum Gasteiger partial charge on any atom is -0.464 e. The first-order valence-corrected chi connectivity index (χ1v) is 5.47. The van der Waals surface area contributed by atoms with E-state index in [0.717, 1.165) is 0 Å². The number of methoxy groups -OCH3 is 1. The van der Waals surface area contributed by atoms with Crippen LogP contribution in [0.4, 0.5) is 5.82 Å². The van der Waals surface area contributed by atoms with Crippen molar-refractivity contribution >= 4 is 23.4 Å². The number of carbonyl (C=O) groups excluding carboxylic acids is 1. The number of aromatic nitrogens is 3. The molecular formula is C11H11ClN4O2. The summed E-state index contributed by atoms with van der Waals surface area (Å²) >= 11 is 5.76. The topological polar surface area (TPSA) is 83.0 Å². The molecule has 7 heteroatoms. The standard InChI is InChI=1S/C11H11ClN4O2/c1-6-15-9(11(17)18-2)10(13)16(6)8-4-3-7(12)5-14-8/h3-5H,13H2,1-2H3. The number of imidazole rings is 1. The number of esters is 1. The third-order valence-corrected chi connectivity index (χ3v) is 2.62. The molecule has 0 unspecified atom stereocenters. The van der Waals surface area contributed by atoms with Gasteiger partial charge in [-0.3, -0.25) is 4.57 Å². The zero-order valence-electron chi connectivity index (χ0n) is 9.85. The van der Waals surface area contributed by atoms with E-state index >= 15 is 0 Å². The predicted molar refractivity (Wildman–Crippen MR) is 66.9 cm³/mol. The first kappa shape index (κ1) is 12.4. The van der Waals surface area contributed by atoms with Gasteiger partial charge in [0.15, 0.2) is 5.69 Å². The monoisotopic (exact) mass is 266 g/mol. The Bertz CT molecular complexity index is 592. The zero-order chi connectivity index (χ0) is 13.3. The average molecular weight is 267 g/mol. The summed E-state index contributed by atoms with van der Waals surface area (Å²) in [6, 6.07) is 3.37. The highest BCUT2D eigenvalue weighted by molar-refractivity contribution is 6.30. The molecule has 94 valence electrons. The molecule has 0 saturated carbocycles. The third-order valence-electron chi connectivity index (χ3n) is 2.40. The number of ether oxygens (including phenoxy) is 1. The van der Waals surface area contributed by atoms with Gasteiger partial charge in [0.05, 0.1) is 12.1 Å². The van der Waals surface area contributed by atoms with Gasteiger partial charge in [-0.2, -0.15) is 0 Å². The third kappa shape index (κ3) is 2.02. The van der Waals surface area contributed by atoms with Gasteiger partial charge < -0.3 is 10.5 Å². The van der Waals surface area contributed by atoms with Gasteiger partial charge in [0.1, 0.15) is 17.5 Å². The number of pyridine rings is 1. The van der Waals surface area contributed by atoms with Crippen LogP contribution < -0.4 is 5.73 Å². The first-order valence-electron chi connectivity index (χ1n) is 5.09. The number of halogens is 1. The number of carbonyl (C=O) groups is 1. The van der Waals surface area contributed by atoms with Gasteiger partial charge in [-0.25, -0.2) is 14.8 Å². The lowest BCUT2D eigenvalue weighted by molar-refractivity contribution is 0.0596. The minimum atomic E-state index is -0.580. The Kier molecular flexibility index (Phi) is 3.20. The smallest absolute Gasteiger partial charge is 0.360 e. The molecule has 0 aliphatic rings. The number of nitrogens with two attached hydrogens (primary N) is 1. The second-order valence-corrected chi connectivity index (χ2v) is 3.99. The van der Waals surface area contributed by atoms with E-state index in [1.54, 1.807) is 23.6 Å². The van der Waals surface area contributed by atoms with Crippen molar-refractivity contribution in [2.75, 3.05) is 12.8 Å². The molecule has 0 amide bonds. The number of nitrogen functional groups attached to an aromatic ring is 1. The maximum atomic E-state index is 11.5. The lowest BCUT2D eigenvalue weighted by Crippen LogP contribution is -2.08. The number of rotatable bonds is 2. The van der Waals surface area contributed by atoms with Crippen molar-refractivity contribution in [3.8, 4) is 5.82 Å². The average Bonchev–Trinajstić information content (AvgIpc) is 2.65. The van der Waals surface area contributed by atoms with E-state index in [1.807, 2.05) is 0 Å². The Morgan fingerprint density at radius 3 is 2.78 bits per heavy atom. The quantitative estimate of drug-likeness (QED) is 0.835. The molecular weight excluding hydrogens is 256 g/mol. The molecule has 2 N–H and O–H groups in total. The van der Waals surface area contributed by atoms with Crippen LogP contribution in [-0.4, -0.2) is 27.6 Å². The number of anilines is 1. The fourth-order valence-corrected chi connectivity index (χ4v) is 1.70. The van der Waals surface area contributed by atoms with Gasteiger partial charge in [-0.15, -0.1) is 0 Å². The van der Waals surface area contributed by atoms with Gasteiger partial charge in [0.25, 0.3) is 0 Å². The van der Waals surface area contributed by atoms with E-state index in [-0.39, 0.29) is 11.5 Å². The van der Waals surface area contributed by atoms with Gasteiger partial charge >= 0.3 is 5.97 Å². The summed E-state index contributed by atoms with van der Waals surface area (Å²) in [5, 5.41) is 0.517. The van der Waals surface area contributed by atoms with E-state index in [4.69, 9.17) is 17.3 Å². The lowest BCUT2D eigenvalue weighted by atomic mass is 10.4. The molecule has 0 fully saturated rings. The Morgan fingerprint density at radius 1 is 1.50 bits per heavy atom. The number of hydrogen-bond acceptors (Lipinski definition) is 5. The van der Waals surface area contributed by atoms with Gasteiger partial charge in [0, 0.05) is 6.20 Å². The minimum absolute atomic E-state index is 0.0757. The molecule has 0 aliphatic heterocycles. The van der Waals surface area contributed by atoms with Crippen LogP contribution in [0.2, 0.25) is 5.02 Å². The van der Waals surface area contributed by atoms with Crippen LogP contribution >= 0.6 is 11.6 Å². The molecule has 2 aromatic heterocycles. The van der Waals surface area contributed by atoms with E-state index in [1.165, 1.54) is 13.3 Å². The summed E-state index contributed by atoms with van der Waals surface area (Å²) in [5.41, 5.74) is 5.95. The SMILES string of the molecule is COC(=O)c1nc(C)n(-c2ccc(Cl)cn2)c1N. The molecule has 6 nitrogen and oxygen atoms in total. The zero-order valence-corrected chi connectivity index (χ0v) is 10.6. The number of aryl methyl sites for hydroxylation is 1. The molecule has 2 rings (SSSR count). The van der Waals surface area contributed by atoms with E-state index in [0.29, 0.717) is 16.7 Å². The van der Waals surface area contributed by atoms with E-state index < -0.39 is 5.97 Å². The van der Waals surface area contributed by atoms with Gasteiger partial charge in [0.2, 0.25) is 0 Å². The van der Waals surface area contributed by atoms with Gasteiger partial charge in [-0.05, 0) is 19.1 Å². The molecule has 18 heavy (non-hydrogen) atoms. The van der Waals surface area contributed by atoms with Crippen LogP contribution in [0.1, 0.15) is 16.3 Å². The maximum Gasteiger partial charge on any atom is 0.360 e. The molecule has 0 spiro atoms. The van der Waals surface area contributed by atoms with Crippen molar-refractivity contribution in [2.24, 2.45) is 0 Å². The van der Waals surface area contributed by atoms with Crippen LogP contribution in [0.15, 0.2) is 18.3 Å². The summed E-state index contributed by atoms with van der Waals surface area (Å²) in [4.78, 5) is 19.7. The van der Waals surface area contributed by atoms with Crippen LogP contribution in [0, 0.1) is 6.92 Å². The summed E-state index contributed by atoms with van der Waals surface area (Å²) in [6.45, 7) is 1.72. The Morgan fingerprint density at radius 2 is 2.22 bits per heavy atom. The Balaban J connectivity index is 2.55. The van der Waals surface area contributed by atoms with Crippen molar-refractivity contribution < 1.29 is 9.53 Å². The van der Waals surface area contributed by atoms with E-state index in [2.05, 4.69) is 14.7 Å². The summed E-state index contributed by atoms with van der Waals surface area (Å²) < 4.78 is 6.16. The normalized spacial score (nSPS) is 10.4. The molecule has 2 aromatic rings. The Labute approximate surface area is 108 Å². The van der Waals surface area contributed by atoms with Crippen LogP contribution in [0.25, 0.3) is 5.82 Å². The number of hydrogen-bond donors (Lipinski definition) is 1. The molecule has 0 radical (unpaired) electrons. The van der Waals surface area contributed by atoms with Crippen molar-refractivity contribution in [2.45, 2.75) is 6.92 Å². The molecule has 0 atom stereocenters. The maximum absolute atomic E-state index is 11.5. The fourth-order valence-electron chi connectivity index (χ4n) is 1.59. The fraction of sp³-hybridized carbons (Fsp3) is 0.182. The number of nitrogens with zero attached hydrogens (tertiary/aromatic N) is 3. The largest absolute Gasteiger partial charge is 0.464 e. The Hall–Kier alpha value is -2.08. The van der Waals surface area contributed by atoms with Crippen LogP contribution in [0.5, 0.6) is 0 Å². The highest BCUT2D eigenvalue weighted by Gasteiger charge is 2.20.